The highest BCUT2D eigenvalue weighted by Gasteiger charge is 2.26. The Kier molecular flexibility index (Phi) is 2.47. The maximum atomic E-state index is 10.9. The van der Waals surface area contributed by atoms with E-state index in [0.717, 1.165) is 0 Å². The molecule has 0 heterocycles. The van der Waals surface area contributed by atoms with Gasteiger partial charge in [0.25, 0.3) is 0 Å². The molecule has 0 radical (unpaired) electrons. The van der Waals surface area contributed by atoms with Gasteiger partial charge in [-0.25, -0.2) is 0 Å². The summed E-state index contributed by atoms with van der Waals surface area (Å²) in [7, 11) is 1.43. The van der Waals surface area contributed by atoms with E-state index in [2.05, 4.69) is 0 Å². The van der Waals surface area contributed by atoms with Gasteiger partial charge in [-0.3, -0.25) is 9.59 Å². The van der Waals surface area contributed by atoms with Crippen molar-refractivity contribution in [2.45, 2.75) is 12.8 Å². The molecule has 12 heavy (non-hydrogen) atoms. The monoisotopic (exact) mass is 170 g/mol. The van der Waals surface area contributed by atoms with Crippen LogP contribution in [-0.4, -0.2) is 24.0 Å². The standard InChI is InChI=1S/C8H10O4/c1-12-7-3-5(8(10)11)2-6(9)4-7/h4-5H,2-3H2,1H3,(H,10,11)/t5-/m1/s1. The second-order valence-electron chi connectivity index (χ2n) is 2.72. The first-order valence-electron chi connectivity index (χ1n) is 3.63. The number of allylic oxidation sites excluding steroid dienone is 2. The third-order valence-corrected chi connectivity index (χ3v) is 1.83. The van der Waals surface area contributed by atoms with Crippen LogP contribution in [-0.2, 0) is 14.3 Å². The zero-order valence-corrected chi connectivity index (χ0v) is 6.74. The van der Waals surface area contributed by atoms with E-state index >= 15 is 0 Å². The highest BCUT2D eigenvalue weighted by molar-refractivity contribution is 5.94. The summed E-state index contributed by atoms with van der Waals surface area (Å²) < 4.78 is 4.82. The number of hydrogen-bond donors (Lipinski definition) is 1. The lowest BCUT2D eigenvalue weighted by Crippen LogP contribution is -2.22. The lowest BCUT2D eigenvalue weighted by atomic mass is 9.92. The zero-order valence-electron chi connectivity index (χ0n) is 6.74. The molecule has 0 aliphatic heterocycles. The molecule has 0 spiro atoms. The predicted octanol–water partition coefficient (Wildman–Crippen LogP) is 0.580. The molecule has 1 N–H and O–H groups in total. The van der Waals surface area contributed by atoms with Gasteiger partial charge in [0, 0.05) is 18.9 Å². The van der Waals surface area contributed by atoms with Crippen LogP contribution in [0.25, 0.3) is 0 Å². The lowest BCUT2D eigenvalue weighted by molar-refractivity contribution is -0.144. The molecule has 0 fully saturated rings. The Morgan fingerprint density at radius 3 is 2.83 bits per heavy atom. The Labute approximate surface area is 69.8 Å². The minimum Gasteiger partial charge on any atom is -0.501 e. The van der Waals surface area contributed by atoms with Crippen LogP contribution in [0.1, 0.15) is 12.8 Å². The number of methoxy groups -OCH3 is 1. The average Bonchev–Trinajstić information content (AvgIpc) is 2.03. The highest BCUT2D eigenvalue weighted by atomic mass is 16.5. The molecule has 0 aromatic carbocycles. The molecular weight excluding hydrogens is 160 g/mol. The summed E-state index contributed by atoms with van der Waals surface area (Å²) in [5.74, 6) is -1.27. The molecule has 0 saturated carbocycles. The summed E-state index contributed by atoms with van der Waals surface area (Å²) in [6, 6.07) is 0. The van der Waals surface area contributed by atoms with Crippen molar-refractivity contribution in [2.75, 3.05) is 7.11 Å². The molecule has 0 aromatic heterocycles. The SMILES string of the molecule is COC1=CC(=O)C[C@@H](C(=O)O)C1. The van der Waals surface area contributed by atoms with Crippen molar-refractivity contribution >= 4 is 11.8 Å². The smallest absolute Gasteiger partial charge is 0.307 e. The van der Waals surface area contributed by atoms with Crippen LogP contribution in [0.4, 0.5) is 0 Å². The molecule has 1 aliphatic rings. The number of aliphatic carboxylic acids is 1. The Balaban J connectivity index is 2.72. The zero-order chi connectivity index (χ0) is 9.14. The van der Waals surface area contributed by atoms with E-state index in [9.17, 15) is 9.59 Å². The van der Waals surface area contributed by atoms with Gasteiger partial charge in [0.1, 0.15) is 0 Å². The molecule has 1 aliphatic carbocycles. The Hall–Kier alpha value is -1.32. The number of carbonyl (C=O) groups excluding carboxylic acids is 1. The van der Waals surface area contributed by atoms with Gasteiger partial charge in [-0.15, -0.1) is 0 Å². The second kappa shape index (κ2) is 3.38. The number of rotatable bonds is 2. The number of carboxylic acid groups (broad SMARTS) is 1. The highest BCUT2D eigenvalue weighted by Crippen LogP contribution is 2.22. The summed E-state index contributed by atoms with van der Waals surface area (Å²) in [5.41, 5.74) is 0. The number of carbonyl (C=O) groups is 2. The third-order valence-electron chi connectivity index (χ3n) is 1.83. The fourth-order valence-corrected chi connectivity index (χ4v) is 1.17. The first kappa shape index (κ1) is 8.77. The van der Waals surface area contributed by atoms with E-state index in [1.54, 1.807) is 0 Å². The molecule has 0 saturated heterocycles. The van der Waals surface area contributed by atoms with E-state index in [4.69, 9.17) is 9.84 Å². The molecule has 4 heteroatoms. The minimum atomic E-state index is -0.939. The van der Waals surface area contributed by atoms with Gasteiger partial charge in [0.15, 0.2) is 5.78 Å². The fraction of sp³-hybridized carbons (Fsp3) is 0.500. The Bertz CT molecular complexity index is 241. The van der Waals surface area contributed by atoms with Gasteiger partial charge in [-0.2, -0.15) is 0 Å². The second-order valence-corrected chi connectivity index (χ2v) is 2.72. The minimum absolute atomic E-state index is 0.0855. The van der Waals surface area contributed by atoms with Crippen LogP contribution in [0, 0.1) is 5.92 Å². The van der Waals surface area contributed by atoms with Crippen molar-refractivity contribution in [2.24, 2.45) is 5.92 Å². The number of ketones is 1. The van der Waals surface area contributed by atoms with E-state index in [-0.39, 0.29) is 12.2 Å². The molecule has 0 amide bonds. The van der Waals surface area contributed by atoms with Gasteiger partial charge in [-0.05, 0) is 0 Å². The van der Waals surface area contributed by atoms with E-state index in [1.807, 2.05) is 0 Å². The van der Waals surface area contributed by atoms with E-state index < -0.39 is 11.9 Å². The summed E-state index contributed by atoms with van der Waals surface area (Å²) in [6.07, 6.45) is 1.76. The summed E-state index contributed by atoms with van der Waals surface area (Å²) in [5, 5.41) is 8.63. The van der Waals surface area contributed by atoms with Crippen molar-refractivity contribution < 1.29 is 19.4 Å². The van der Waals surface area contributed by atoms with Crippen molar-refractivity contribution in [3.8, 4) is 0 Å². The van der Waals surface area contributed by atoms with E-state index in [1.165, 1.54) is 13.2 Å². The topological polar surface area (TPSA) is 63.6 Å². The van der Waals surface area contributed by atoms with E-state index in [0.29, 0.717) is 12.2 Å². The van der Waals surface area contributed by atoms with Crippen molar-refractivity contribution in [1.29, 1.82) is 0 Å². The molecule has 0 aromatic rings. The summed E-state index contributed by atoms with van der Waals surface area (Å²) in [4.78, 5) is 21.5. The summed E-state index contributed by atoms with van der Waals surface area (Å²) >= 11 is 0. The van der Waals surface area contributed by atoms with Crippen LogP contribution in [0.15, 0.2) is 11.8 Å². The van der Waals surface area contributed by atoms with Crippen LogP contribution >= 0.6 is 0 Å². The van der Waals surface area contributed by atoms with Crippen molar-refractivity contribution in [1.82, 2.24) is 0 Å². The quantitative estimate of drug-likeness (QED) is 0.658. The third kappa shape index (κ3) is 1.84. The first-order valence-corrected chi connectivity index (χ1v) is 3.63. The van der Waals surface area contributed by atoms with Crippen LogP contribution in [0.5, 0.6) is 0 Å². The van der Waals surface area contributed by atoms with Gasteiger partial charge in [0.2, 0.25) is 0 Å². The Morgan fingerprint density at radius 1 is 1.67 bits per heavy atom. The van der Waals surface area contributed by atoms with Gasteiger partial charge < -0.3 is 9.84 Å². The van der Waals surface area contributed by atoms with Gasteiger partial charge >= 0.3 is 5.97 Å². The lowest BCUT2D eigenvalue weighted by Gasteiger charge is -2.16. The average molecular weight is 170 g/mol. The van der Waals surface area contributed by atoms with Gasteiger partial charge in [0.05, 0.1) is 18.8 Å². The first-order chi connectivity index (χ1) is 5.63. The molecule has 4 nitrogen and oxygen atoms in total. The molecule has 1 atom stereocenters. The van der Waals surface area contributed by atoms with Crippen molar-refractivity contribution in [3.05, 3.63) is 11.8 Å². The summed E-state index contributed by atoms with van der Waals surface area (Å²) in [6.45, 7) is 0. The molecule has 66 valence electrons. The van der Waals surface area contributed by atoms with Crippen LogP contribution in [0.2, 0.25) is 0 Å². The number of hydrogen-bond acceptors (Lipinski definition) is 3. The maximum absolute atomic E-state index is 10.9. The fourth-order valence-electron chi connectivity index (χ4n) is 1.17. The largest absolute Gasteiger partial charge is 0.501 e. The Morgan fingerprint density at radius 2 is 2.33 bits per heavy atom. The molecule has 0 unspecified atom stereocenters. The van der Waals surface area contributed by atoms with Crippen molar-refractivity contribution in [3.63, 3.8) is 0 Å². The maximum Gasteiger partial charge on any atom is 0.307 e. The van der Waals surface area contributed by atoms with Crippen LogP contribution in [0.3, 0.4) is 0 Å². The number of ether oxygens (including phenoxy) is 1. The molecule has 0 bridgehead atoms. The predicted molar refractivity (Wildman–Crippen MR) is 40.5 cm³/mol. The van der Waals surface area contributed by atoms with Crippen LogP contribution < -0.4 is 0 Å². The van der Waals surface area contributed by atoms with Gasteiger partial charge in [-0.1, -0.05) is 0 Å². The normalized spacial score (nSPS) is 23.2. The molecule has 1 rings (SSSR count). The molecular formula is C8H10O4. The number of carboxylic acids is 1.